The molecule has 0 atom stereocenters. The summed E-state index contributed by atoms with van der Waals surface area (Å²) in [5, 5.41) is 2.80. The lowest BCUT2D eigenvalue weighted by molar-refractivity contribution is 0.102. The topological polar surface area (TPSA) is 54.9 Å². The van der Waals surface area contributed by atoms with Gasteiger partial charge in [0.05, 0.1) is 18.1 Å². The number of carbonyl (C=O) groups excluding carboxylic acids is 1. The lowest BCUT2D eigenvalue weighted by atomic mass is 10.1. The molecule has 4 nitrogen and oxygen atoms in total. The van der Waals surface area contributed by atoms with Crippen molar-refractivity contribution in [1.82, 2.24) is 9.97 Å². The summed E-state index contributed by atoms with van der Waals surface area (Å²) in [4.78, 5) is 20.7. The first-order valence-electron chi connectivity index (χ1n) is 6.98. The van der Waals surface area contributed by atoms with Crippen molar-refractivity contribution < 1.29 is 4.79 Å². The summed E-state index contributed by atoms with van der Waals surface area (Å²) in [7, 11) is 0. The predicted molar refractivity (Wildman–Crippen MR) is 86.6 cm³/mol. The van der Waals surface area contributed by atoms with Gasteiger partial charge >= 0.3 is 0 Å². The highest BCUT2D eigenvalue weighted by atomic mass is 16.1. The van der Waals surface area contributed by atoms with E-state index in [0.29, 0.717) is 17.1 Å². The second kappa shape index (κ2) is 6.18. The molecule has 0 spiro atoms. The summed E-state index contributed by atoms with van der Waals surface area (Å²) in [5.74, 6) is 0.467. The standard InChI is InChI=1S/C18H15N3O/c1-13-6-5-9-15(10-13)18(22)21-16-11-19-17(20-12-16)14-7-3-2-4-8-14/h2-12H,1H3,(H,21,22). The number of anilines is 1. The normalized spacial score (nSPS) is 10.2. The molecule has 0 unspecified atom stereocenters. The minimum atomic E-state index is -0.167. The Kier molecular flexibility index (Phi) is 3.92. The minimum Gasteiger partial charge on any atom is -0.319 e. The van der Waals surface area contributed by atoms with Crippen LogP contribution in [0.25, 0.3) is 11.4 Å². The van der Waals surface area contributed by atoms with Crippen LogP contribution in [-0.2, 0) is 0 Å². The summed E-state index contributed by atoms with van der Waals surface area (Å²) in [6.07, 6.45) is 3.23. The molecular formula is C18H15N3O. The van der Waals surface area contributed by atoms with E-state index in [1.807, 2.05) is 55.5 Å². The fourth-order valence-corrected chi connectivity index (χ4v) is 2.12. The van der Waals surface area contributed by atoms with E-state index < -0.39 is 0 Å². The minimum absolute atomic E-state index is 0.167. The third-order valence-electron chi connectivity index (χ3n) is 3.22. The van der Waals surface area contributed by atoms with Gasteiger partial charge in [-0.15, -0.1) is 0 Å². The monoisotopic (exact) mass is 289 g/mol. The third kappa shape index (κ3) is 3.17. The summed E-state index contributed by atoms with van der Waals surface area (Å²) in [6, 6.07) is 17.1. The first kappa shape index (κ1) is 13.9. The zero-order valence-corrected chi connectivity index (χ0v) is 12.2. The average molecular weight is 289 g/mol. The molecule has 4 heteroatoms. The number of aromatic nitrogens is 2. The molecular weight excluding hydrogens is 274 g/mol. The molecule has 1 heterocycles. The smallest absolute Gasteiger partial charge is 0.255 e. The van der Waals surface area contributed by atoms with Crippen molar-refractivity contribution in [1.29, 1.82) is 0 Å². The lowest BCUT2D eigenvalue weighted by Crippen LogP contribution is -2.12. The van der Waals surface area contributed by atoms with E-state index >= 15 is 0 Å². The molecule has 1 N–H and O–H groups in total. The van der Waals surface area contributed by atoms with Crippen molar-refractivity contribution >= 4 is 11.6 Å². The number of carbonyl (C=O) groups is 1. The van der Waals surface area contributed by atoms with E-state index in [1.54, 1.807) is 18.5 Å². The van der Waals surface area contributed by atoms with Gasteiger partial charge in [0.15, 0.2) is 5.82 Å². The number of aryl methyl sites for hydroxylation is 1. The van der Waals surface area contributed by atoms with E-state index in [2.05, 4.69) is 15.3 Å². The largest absolute Gasteiger partial charge is 0.319 e. The summed E-state index contributed by atoms with van der Waals surface area (Å²) < 4.78 is 0. The van der Waals surface area contributed by atoms with Gasteiger partial charge in [-0.25, -0.2) is 9.97 Å². The number of hydrogen-bond acceptors (Lipinski definition) is 3. The highest BCUT2D eigenvalue weighted by molar-refractivity contribution is 6.04. The van der Waals surface area contributed by atoms with Crippen molar-refractivity contribution in [3.05, 3.63) is 78.1 Å². The molecule has 0 fully saturated rings. The van der Waals surface area contributed by atoms with Gasteiger partial charge in [-0.3, -0.25) is 4.79 Å². The Morgan fingerprint density at radius 3 is 2.36 bits per heavy atom. The quantitative estimate of drug-likeness (QED) is 0.799. The van der Waals surface area contributed by atoms with Crippen LogP contribution in [0.15, 0.2) is 67.0 Å². The van der Waals surface area contributed by atoms with Crippen LogP contribution >= 0.6 is 0 Å². The Morgan fingerprint density at radius 2 is 1.68 bits per heavy atom. The third-order valence-corrected chi connectivity index (χ3v) is 3.22. The molecule has 0 aliphatic heterocycles. The highest BCUT2D eigenvalue weighted by Crippen LogP contribution is 2.15. The van der Waals surface area contributed by atoms with Gasteiger partial charge in [0.2, 0.25) is 0 Å². The number of amides is 1. The Hall–Kier alpha value is -3.01. The molecule has 0 radical (unpaired) electrons. The maximum Gasteiger partial charge on any atom is 0.255 e. The first-order chi connectivity index (χ1) is 10.7. The predicted octanol–water partition coefficient (Wildman–Crippen LogP) is 3.70. The summed E-state index contributed by atoms with van der Waals surface area (Å²) >= 11 is 0. The number of nitrogens with one attached hydrogen (secondary N) is 1. The van der Waals surface area contributed by atoms with Crippen molar-refractivity contribution in [3.8, 4) is 11.4 Å². The van der Waals surface area contributed by atoms with Crippen LogP contribution in [0.3, 0.4) is 0 Å². The number of hydrogen-bond donors (Lipinski definition) is 1. The molecule has 1 aromatic heterocycles. The van der Waals surface area contributed by atoms with Gasteiger partial charge in [0.1, 0.15) is 0 Å². The van der Waals surface area contributed by atoms with Crippen LogP contribution in [0.5, 0.6) is 0 Å². The second-order valence-corrected chi connectivity index (χ2v) is 4.98. The zero-order valence-electron chi connectivity index (χ0n) is 12.2. The summed E-state index contributed by atoms with van der Waals surface area (Å²) in [5.41, 5.74) is 3.18. The number of nitrogens with zero attached hydrogens (tertiary/aromatic N) is 2. The van der Waals surface area contributed by atoms with Crippen LogP contribution in [-0.4, -0.2) is 15.9 Å². The maximum atomic E-state index is 12.2. The molecule has 1 amide bonds. The van der Waals surface area contributed by atoms with Gasteiger partial charge in [-0.2, -0.15) is 0 Å². The molecule has 3 aromatic rings. The van der Waals surface area contributed by atoms with Crippen LogP contribution in [0.1, 0.15) is 15.9 Å². The van der Waals surface area contributed by atoms with E-state index in [1.165, 1.54) is 0 Å². The fourth-order valence-electron chi connectivity index (χ4n) is 2.12. The van der Waals surface area contributed by atoms with E-state index in [4.69, 9.17) is 0 Å². The van der Waals surface area contributed by atoms with Crippen LogP contribution in [0, 0.1) is 6.92 Å². The van der Waals surface area contributed by atoms with Crippen LogP contribution in [0.2, 0.25) is 0 Å². The van der Waals surface area contributed by atoms with Gasteiger partial charge < -0.3 is 5.32 Å². The zero-order chi connectivity index (χ0) is 15.4. The average Bonchev–Trinajstić information content (AvgIpc) is 2.56. The van der Waals surface area contributed by atoms with Gasteiger partial charge in [-0.05, 0) is 19.1 Å². The fraction of sp³-hybridized carbons (Fsp3) is 0.0556. The van der Waals surface area contributed by atoms with Crippen molar-refractivity contribution in [2.75, 3.05) is 5.32 Å². The molecule has 2 aromatic carbocycles. The van der Waals surface area contributed by atoms with E-state index in [-0.39, 0.29) is 5.91 Å². The Labute approximate surface area is 128 Å². The van der Waals surface area contributed by atoms with Crippen molar-refractivity contribution in [2.24, 2.45) is 0 Å². The van der Waals surface area contributed by atoms with Crippen molar-refractivity contribution in [3.63, 3.8) is 0 Å². The Balaban J connectivity index is 1.75. The molecule has 0 saturated carbocycles. The lowest BCUT2D eigenvalue weighted by Gasteiger charge is -2.06. The van der Waals surface area contributed by atoms with Crippen molar-refractivity contribution in [2.45, 2.75) is 6.92 Å². The molecule has 108 valence electrons. The number of benzene rings is 2. The van der Waals surface area contributed by atoms with E-state index in [9.17, 15) is 4.79 Å². The molecule has 0 saturated heterocycles. The van der Waals surface area contributed by atoms with Gasteiger partial charge in [-0.1, -0.05) is 48.0 Å². The second-order valence-electron chi connectivity index (χ2n) is 4.98. The molecule has 0 aliphatic carbocycles. The van der Waals surface area contributed by atoms with Gasteiger partial charge in [0.25, 0.3) is 5.91 Å². The SMILES string of the molecule is Cc1cccc(C(=O)Nc2cnc(-c3ccccc3)nc2)c1. The first-order valence-corrected chi connectivity index (χ1v) is 6.98. The number of rotatable bonds is 3. The molecule has 22 heavy (non-hydrogen) atoms. The van der Waals surface area contributed by atoms with Crippen LogP contribution in [0.4, 0.5) is 5.69 Å². The Morgan fingerprint density at radius 1 is 0.955 bits per heavy atom. The Bertz CT molecular complexity index is 783. The molecule has 0 bridgehead atoms. The maximum absolute atomic E-state index is 12.2. The molecule has 0 aliphatic rings. The van der Waals surface area contributed by atoms with Crippen LogP contribution < -0.4 is 5.32 Å². The molecule has 3 rings (SSSR count). The highest BCUT2D eigenvalue weighted by Gasteiger charge is 2.07. The summed E-state index contributed by atoms with van der Waals surface area (Å²) in [6.45, 7) is 1.95. The van der Waals surface area contributed by atoms with E-state index in [0.717, 1.165) is 11.1 Å². The van der Waals surface area contributed by atoms with Gasteiger partial charge in [0, 0.05) is 11.1 Å².